The van der Waals surface area contributed by atoms with Crippen LogP contribution in [-0.2, 0) is 6.54 Å². The third-order valence-electron chi connectivity index (χ3n) is 2.71. The molecule has 0 aromatic heterocycles. The lowest BCUT2D eigenvalue weighted by molar-refractivity contribution is 0.412. The molecule has 0 saturated carbocycles. The van der Waals surface area contributed by atoms with Gasteiger partial charge in [0.25, 0.3) is 0 Å². The topological polar surface area (TPSA) is 21.3 Å². The fourth-order valence-electron chi connectivity index (χ4n) is 1.68. The van der Waals surface area contributed by atoms with Crippen LogP contribution in [0.4, 0.5) is 5.69 Å². The Morgan fingerprint density at radius 2 is 1.75 bits per heavy atom. The molecule has 0 amide bonds. The van der Waals surface area contributed by atoms with E-state index in [2.05, 4.69) is 21.2 Å². The van der Waals surface area contributed by atoms with E-state index in [0.717, 1.165) is 21.5 Å². The highest BCUT2D eigenvalue weighted by Crippen LogP contribution is 2.33. The van der Waals surface area contributed by atoms with Gasteiger partial charge in [-0.15, -0.1) is 0 Å². The van der Waals surface area contributed by atoms with Gasteiger partial charge in [0.15, 0.2) is 0 Å². The van der Waals surface area contributed by atoms with Gasteiger partial charge >= 0.3 is 0 Å². The fourth-order valence-corrected chi connectivity index (χ4v) is 2.88. The van der Waals surface area contributed by atoms with E-state index in [1.807, 2.05) is 18.2 Å². The molecule has 2 aromatic rings. The Morgan fingerprint density at radius 1 is 1.05 bits per heavy atom. The fraction of sp³-hybridized carbons (Fsp3) is 0.143. The first kappa shape index (κ1) is 15.8. The van der Waals surface area contributed by atoms with Gasteiger partial charge in [0.05, 0.1) is 32.3 Å². The number of hydrogen-bond acceptors (Lipinski definition) is 2. The standard InChI is InChI=1S/C14H11BrCl3NO/c1-20-14-3-2-8(4-9(14)15)7-19-13-6-11(17)10(16)5-12(13)18/h2-6,19H,7H2,1H3. The van der Waals surface area contributed by atoms with Crippen LogP contribution >= 0.6 is 50.7 Å². The van der Waals surface area contributed by atoms with E-state index in [4.69, 9.17) is 39.5 Å². The highest BCUT2D eigenvalue weighted by molar-refractivity contribution is 9.10. The summed E-state index contributed by atoms with van der Waals surface area (Å²) in [7, 11) is 1.63. The molecule has 0 fully saturated rings. The van der Waals surface area contributed by atoms with E-state index in [-0.39, 0.29) is 0 Å². The van der Waals surface area contributed by atoms with Crippen molar-refractivity contribution in [2.75, 3.05) is 12.4 Å². The first-order chi connectivity index (χ1) is 9.51. The zero-order valence-corrected chi connectivity index (χ0v) is 14.4. The van der Waals surface area contributed by atoms with Gasteiger partial charge in [-0.3, -0.25) is 0 Å². The van der Waals surface area contributed by atoms with Crippen LogP contribution in [0.15, 0.2) is 34.8 Å². The van der Waals surface area contributed by atoms with Crippen molar-refractivity contribution in [2.45, 2.75) is 6.54 Å². The number of rotatable bonds is 4. The number of ether oxygens (including phenoxy) is 1. The van der Waals surface area contributed by atoms with E-state index in [1.165, 1.54) is 0 Å². The van der Waals surface area contributed by atoms with E-state index < -0.39 is 0 Å². The molecule has 0 heterocycles. The summed E-state index contributed by atoms with van der Waals surface area (Å²) in [5, 5.41) is 4.67. The van der Waals surface area contributed by atoms with Gasteiger partial charge < -0.3 is 10.1 Å². The van der Waals surface area contributed by atoms with Crippen molar-refractivity contribution in [1.29, 1.82) is 0 Å². The molecule has 2 nitrogen and oxygen atoms in total. The minimum atomic E-state index is 0.439. The number of benzene rings is 2. The molecule has 0 atom stereocenters. The largest absolute Gasteiger partial charge is 0.496 e. The predicted molar refractivity (Wildman–Crippen MR) is 89.5 cm³/mol. The lowest BCUT2D eigenvalue weighted by Gasteiger charge is -2.11. The Morgan fingerprint density at radius 3 is 2.40 bits per heavy atom. The molecular formula is C14H11BrCl3NO. The average Bonchev–Trinajstić information content (AvgIpc) is 2.41. The van der Waals surface area contributed by atoms with Crippen molar-refractivity contribution in [1.82, 2.24) is 0 Å². The first-order valence-corrected chi connectivity index (χ1v) is 7.65. The minimum Gasteiger partial charge on any atom is -0.496 e. The number of hydrogen-bond donors (Lipinski definition) is 1. The van der Waals surface area contributed by atoms with Crippen LogP contribution in [0.3, 0.4) is 0 Å². The summed E-state index contributed by atoms with van der Waals surface area (Å²) in [5.41, 5.74) is 1.83. The summed E-state index contributed by atoms with van der Waals surface area (Å²) >= 11 is 21.4. The Kier molecular flexibility index (Phi) is 5.44. The average molecular weight is 396 g/mol. The second-order valence-corrected chi connectivity index (χ2v) is 6.14. The van der Waals surface area contributed by atoms with E-state index in [9.17, 15) is 0 Å². The highest BCUT2D eigenvalue weighted by Gasteiger charge is 2.06. The Balaban J connectivity index is 2.13. The highest BCUT2D eigenvalue weighted by atomic mass is 79.9. The van der Waals surface area contributed by atoms with Crippen molar-refractivity contribution in [3.8, 4) is 5.75 Å². The number of anilines is 1. The molecule has 0 unspecified atom stereocenters. The van der Waals surface area contributed by atoms with Crippen LogP contribution in [0.2, 0.25) is 15.1 Å². The van der Waals surface area contributed by atoms with Crippen molar-refractivity contribution >= 4 is 56.4 Å². The Labute approximate surface area is 141 Å². The Hall–Kier alpha value is -0.610. The molecule has 0 aliphatic rings. The molecule has 106 valence electrons. The number of nitrogens with one attached hydrogen (secondary N) is 1. The molecule has 0 radical (unpaired) electrons. The van der Waals surface area contributed by atoms with E-state index in [0.29, 0.717) is 21.6 Å². The van der Waals surface area contributed by atoms with Gasteiger partial charge in [-0.05, 0) is 45.8 Å². The van der Waals surface area contributed by atoms with Gasteiger partial charge in [0, 0.05) is 6.54 Å². The van der Waals surface area contributed by atoms with Crippen LogP contribution < -0.4 is 10.1 Å². The predicted octanol–water partition coefficient (Wildman–Crippen LogP) is 6.03. The quantitative estimate of drug-likeness (QED) is 0.638. The van der Waals surface area contributed by atoms with Crippen molar-refractivity contribution < 1.29 is 4.74 Å². The molecule has 6 heteroatoms. The monoisotopic (exact) mass is 393 g/mol. The van der Waals surface area contributed by atoms with Crippen LogP contribution in [0.1, 0.15) is 5.56 Å². The van der Waals surface area contributed by atoms with Crippen LogP contribution in [-0.4, -0.2) is 7.11 Å². The molecule has 0 spiro atoms. The minimum absolute atomic E-state index is 0.439. The molecule has 0 bridgehead atoms. The summed E-state index contributed by atoms with van der Waals surface area (Å²) in [5.74, 6) is 0.793. The molecular weight excluding hydrogens is 384 g/mol. The van der Waals surface area contributed by atoms with Crippen molar-refractivity contribution in [3.63, 3.8) is 0 Å². The lowest BCUT2D eigenvalue weighted by Crippen LogP contribution is -2.00. The van der Waals surface area contributed by atoms with Gasteiger partial charge in [-0.1, -0.05) is 40.9 Å². The number of halogens is 4. The normalized spacial score (nSPS) is 10.4. The maximum Gasteiger partial charge on any atom is 0.133 e. The summed E-state index contributed by atoms with van der Waals surface area (Å²) in [6.45, 7) is 0.611. The van der Waals surface area contributed by atoms with Crippen molar-refractivity contribution in [2.24, 2.45) is 0 Å². The zero-order chi connectivity index (χ0) is 14.7. The SMILES string of the molecule is COc1ccc(CNc2cc(Cl)c(Cl)cc2Cl)cc1Br. The second-order valence-electron chi connectivity index (χ2n) is 4.07. The zero-order valence-electron chi connectivity index (χ0n) is 10.5. The smallest absolute Gasteiger partial charge is 0.133 e. The third-order valence-corrected chi connectivity index (χ3v) is 4.36. The molecule has 2 rings (SSSR count). The summed E-state index contributed by atoms with van der Waals surface area (Å²) in [6.07, 6.45) is 0. The summed E-state index contributed by atoms with van der Waals surface area (Å²) < 4.78 is 6.09. The Bertz CT molecular complexity index is 634. The van der Waals surface area contributed by atoms with E-state index in [1.54, 1.807) is 19.2 Å². The molecule has 20 heavy (non-hydrogen) atoms. The maximum absolute atomic E-state index is 6.11. The summed E-state index contributed by atoms with van der Waals surface area (Å²) in [6, 6.07) is 9.19. The molecule has 0 aliphatic carbocycles. The lowest BCUT2D eigenvalue weighted by atomic mass is 10.2. The van der Waals surface area contributed by atoms with Crippen LogP contribution in [0.5, 0.6) is 5.75 Å². The van der Waals surface area contributed by atoms with Gasteiger partial charge in [0.2, 0.25) is 0 Å². The van der Waals surface area contributed by atoms with Gasteiger partial charge in [-0.2, -0.15) is 0 Å². The van der Waals surface area contributed by atoms with Crippen LogP contribution in [0.25, 0.3) is 0 Å². The first-order valence-electron chi connectivity index (χ1n) is 5.72. The molecule has 0 saturated heterocycles. The number of methoxy groups -OCH3 is 1. The molecule has 0 aliphatic heterocycles. The van der Waals surface area contributed by atoms with Gasteiger partial charge in [0.1, 0.15) is 5.75 Å². The second kappa shape index (κ2) is 6.90. The third kappa shape index (κ3) is 3.73. The van der Waals surface area contributed by atoms with E-state index >= 15 is 0 Å². The summed E-state index contributed by atoms with van der Waals surface area (Å²) in [4.78, 5) is 0. The molecule has 1 N–H and O–H groups in total. The maximum atomic E-state index is 6.11. The van der Waals surface area contributed by atoms with Crippen LogP contribution in [0, 0.1) is 0 Å². The molecule has 2 aromatic carbocycles. The van der Waals surface area contributed by atoms with Gasteiger partial charge in [-0.25, -0.2) is 0 Å². The van der Waals surface area contributed by atoms with Crippen molar-refractivity contribution in [3.05, 3.63) is 55.4 Å².